The number of pyridine rings is 1. The van der Waals surface area contributed by atoms with E-state index < -0.39 is 10.0 Å². The molecule has 2 aromatic heterocycles. The molecule has 8 heteroatoms. The van der Waals surface area contributed by atoms with Gasteiger partial charge in [-0.1, -0.05) is 12.1 Å². The van der Waals surface area contributed by atoms with E-state index in [1.165, 1.54) is 7.05 Å². The Hall–Kier alpha value is -1.77. The molecule has 2 aromatic rings. The highest BCUT2D eigenvalue weighted by Crippen LogP contribution is 2.28. The normalized spacial score (nSPS) is 14.8. The molecule has 24 heavy (non-hydrogen) atoms. The maximum absolute atomic E-state index is 12.7. The third kappa shape index (κ3) is 3.82. The van der Waals surface area contributed by atoms with Crippen molar-refractivity contribution in [3.8, 4) is 0 Å². The van der Waals surface area contributed by atoms with Crippen molar-refractivity contribution in [1.82, 2.24) is 14.2 Å². The second-order valence-corrected chi connectivity index (χ2v) is 8.99. The lowest BCUT2D eigenvalue weighted by Gasteiger charge is -2.25. The molecule has 1 aliphatic carbocycles. The number of hydrogen-bond acceptors (Lipinski definition) is 5. The van der Waals surface area contributed by atoms with Gasteiger partial charge in [-0.2, -0.15) is 4.31 Å². The predicted octanol–water partition coefficient (Wildman–Crippen LogP) is 1.95. The Labute approximate surface area is 145 Å². The van der Waals surface area contributed by atoms with Crippen LogP contribution in [0.15, 0.2) is 46.1 Å². The number of amides is 1. The smallest absolute Gasteiger partial charge is 0.252 e. The van der Waals surface area contributed by atoms with Crippen molar-refractivity contribution in [3.63, 3.8) is 0 Å². The number of sulfonamides is 1. The van der Waals surface area contributed by atoms with Crippen LogP contribution < -0.4 is 0 Å². The molecule has 0 spiro atoms. The van der Waals surface area contributed by atoms with Gasteiger partial charge in [-0.15, -0.1) is 11.3 Å². The van der Waals surface area contributed by atoms with Gasteiger partial charge in [-0.05, 0) is 36.4 Å². The van der Waals surface area contributed by atoms with Gasteiger partial charge in [0.05, 0.1) is 18.8 Å². The molecule has 0 radical (unpaired) electrons. The molecule has 6 nitrogen and oxygen atoms in total. The van der Waals surface area contributed by atoms with E-state index in [0.29, 0.717) is 6.54 Å². The van der Waals surface area contributed by atoms with Crippen molar-refractivity contribution in [1.29, 1.82) is 0 Å². The van der Waals surface area contributed by atoms with Crippen LogP contribution in [0.25, 0.3) is 0 Å². The van der Waals surface area contributed by atoms with E-state index in [1.54, 1.807) is 28.6 Å². The van der Waals surface area contributed by atoms with E-state index in [0.717, 1.165) is 34.2 Å². The van der Waals surface area contributed by atoms with Gasteiger partial charge in [0.1, 0.15) is 4.21 Å². The Morgan fingerprint density at radius 1 is 1.29 bits per heavy atom. The second kappa shape index (κ2) is 7.00. The van der Waals surface area contributed by atoms with Gasteiger partial charge in [0, 0.05) is 19.3 Å². The van der Waals surface area contributed by atoms with Crippen LogP contribution in [0.5, 0.6) is 0 Å². The third-order valence-electron chi connectivity index (χ3n) is 3.88. The molecule has 2 heterocycles. The molecule has 0 aromatic carbocycles. The number of rotatable bonds is 7. The van der Waals surface area contributed by atoms with E-state index in [1.807, 2.05) is 18.2 Å². The van der Waals surface area contributed by atoms with Crippen molar-refractivity contribution in [3.05, 3.63) is 47.6 Å². The van der Waals surface area contributed by atoms with Crippen molar-refractivity contribution in [2.75, 3.05) is 13.6 Å². The Bertz CT molecular complexity index is 787. The first-order valence-electron chi connectivity index (χ1n) is 7.67. The van der Waals surface area contributed by atoms with E-state index in [-0.39, 0.29) is 22.7 Å². The van der Waals surface area contributed by atoms with Gasteiger partial charge in [0.2, 0.25) is 5.91 Å². The SMILES string of the molecule is CN(CC(=O)N(Cc1ccccn1)C1CC1)S(=O)(=O)c1cccs1. The minimum Gasteiger partial charge on any atom is -0.333 e. The first kappa shape index (κ1) is 17.1. The first-order chi connectivity index (χ1) is 11.5. The van der Waals surface area contributed by atoms with Crippen LogP contribution >= 0.6 is 11.3 Å². The predicted molar refractivity (Wildman–Crippen MR) is 91.9 cm³/mol. The maximum Gasteiger partial charge on any atom is 0.252 e. The molecule has 0 unspecified atom stereocenters. The molecule has 0 saturated heterocycles. The van der Waals surface area contributed by atoms with E-state index in [2.05, 4.69) is 4.98 Å². The van der Waals surface area contributed by atoms with Crippen molar-refractivity contribution in [2.24, 2.45) is 0 Å². The zero-order chi connectivity index (χ0) is 17.2. The lowest BCUT2D eigenvalue weighted by molar-refractivity contribution is -0.132. The van der Waals surface area contributed by atoms with Gasteiger partial charge in [0.15, 0.2) is 0 Å². The van der Waals surface area contributed by atoms with Gasteiger partial charge in [0.25, 0.3) is 10.0 Å². The fraction of sp³-hybridized carbons (Fsp3) is 0.375. The number of aromatic nitrogens is 1. The largest absolute Gasteiger partial charge is 0.333 e. The number of likely N-dealkylation sites (N-methyl/N-ethyl adjacent to an activating group) is 1. The number of nitrogens with zero attached hydrogens (tertiary/aromatic N) is 3. The Morgan fingerprint density at radius 2 is 2.08 bits per heavy atom. The molecule has 0 N–H and O–H groups in total. The highest BCUT2D eigenvalue weighted by Gasteiger charge is 2.34. The number of thiophene rings is 1. The standard InChI is InChI=1S/C16H19N3O3S2/c1-18(24(21,22)16-6-4-10-23-16)12-15(20)19(14-7-8-14)11-13-5-2-3-9-17-13/h2-6,9-10,14H,7-8,11-12H2,1H3. The molecule has 128 valence electrons. The number of carbonyl (C=O) groups is 1. The molecule has 1 amide bonds. The fourth-order valence-electron chi connectivity index (χ4n) is 2.40. The Balaban J connectivity index is 1.70. The van der Waals surface area contributed by atoms with Crippen molar-refractivity contribution < 1.29 is 13.2 Å². The topological polar surface area (TPSA) is 70.6 Å². The molecular weight excluding hydrogens is 346 g/mol. The summed E-state index contributed by atoms with van der Waals surface area (Å²) in [4.78, 5) is 18.6. The van der Waals surface area contributed by atoms with Gasteiger partial charge < -0.3 is 4.90 Å². The minimum atomic E-state index is -3.61. The average Bonchev–Trinajstić information content (AvgIpc) is 3.25. The molecule has 0 aliphatic heterocycles. The van der Waals surface area contributed by atoms with Crippen LogP contribution in [0.1, 0.15) is 18.5 Å². The summed E-state index contributed by atoms with van der Waals surface area (Å²) in [6, 6.07) is 9.00. The van der Waals surface area contributed by atoms with E-state index in [4.69, 9.17) is 0 Å². The summed E-state index contributed by atoms with van der Waals surface area (Å²) < 4.78 is 26.3. The summed E-state index contributed by atoms with van der Waals surface area (Å²) in [5.41, 5.74) is 0.807. The van der Waals surface area contributed by atoms with Gasteiger partial charge >= 0.3 is 0 Å². The third-order valence-corrected chi connectivity index (χ3v) is 7.06. The highest BCUT2D eigenvalue weighted by atomic mass is 32.2. The molecule has 3 rings (SSSR count). The zero-order valence-electron chi connectivity index (χ0n) is 13.3. The Kier molecular flexibility index (Phi) is 4.98. The summed E-state index contributed by atoms with van der Waals surface area (Å²) >= 11 is 1.15. The fourth-order valence-corrected chi connectivity index (χ4v) is 4.72. The number of carbonyl (C=O) groups excluding carboxylic acids is 1. The monoisotopic (exact) mass is 365 g/mol. The molecule has 1 saturated carbocycles. The summed E-state index contributed by atoms with van der Waals surface area (Å²) in [6.07, 6.45) is 3.61. The first-order valence-corrected chi connectivity index (χ1v) is 9.99. The summed E-state index contributed by atoms with van der Waals surface area (Å²) in [5.74, 6) is -0.189. The quantitative estimate of drug-likeness (QED) is 0.752. The lowest BCUT2D eigenvalue weighted by atomic mass is 10.3. The molecule has 0 atom stereocenters. The van der Waals surface area contributed by atoms with Gasteiger partial charge in [-0.3, -0.25) is 9.78 Å². The van der Waals surface area contributed by atoms with Gasteiger partial charge in [-0.25, -0.2) is 8.42 Å². The summed E-state index contributed by atoms with van der Waals surface area (Å²) in [5, 5.41) is 1.71. The average molecular weight is 365 g/mol. The van der Waals surface area contributed by atoms with Crippen LogP contribution in [0.2, 0.25) is 0 Å². The highest BCUT2D eigenvalue weighted by molar-refractivity contribution is 7.91. The van der Waals surface area contributed by atoms with E-state index >= 15 is 0 Å². The van der Waals surface area contributed by atoms with Crippen LogP contribution in [0, 0.1) is 0 Å². The summed E-state index contributed by atoms with van der Waals surface area (Å²) in [6.45, 7) is 0.251. The van der Waals surface area contributed by atoms with Crippen molar-refractivity contribution in [2.45, 2.75) is 29.6 Å². The number of hydrogen-bond donors (Lipinski definition) is 0. The van der Waals surface area contributed by atoms with Crippen LogP contribution in [-0.2, 0) is 21.4 Å². The lowest BCUT2D eigenvalue weighted by Crippen LogP contribution is -2.41. The van der Waals surface area contributed by atoms with Crippen molar-refractivity contribution >= 4 is 27.3 Å². The van der Waals surface area contributed by atoms with Crippen LogP contribution in [0.4, 0.5) is 0 Å². The zero-order valence-corrected chi connectivity index (χ0v) is 15.0. The maximum atomic E-state index is 12.7. The molecule has 1 aliphatic rings. The van der Waals surface area contributed by atoms with E-state index in [9.17, 15) is 13.2 Å². The van der Waals surface area contributed by atoms with Crippen LogP contribution in [-0.4, -0.2) is 48.1 Å². The molecule has 0 bridgehead atoms. The van der Waals surface area contributed by atoms with Crippen LogP contribution in [0.3, 0.4) is 0 Å². The Morgan fingerprint density at radius 3 is 2.67 bits per heavy atom. The molecular formula is C16H19N3O3S2. The minimum absolute atomic E-state index is 0.163. The second-order valence-electron chi connectivity index (χ2n) is 5.77. The summed E-state index contributed by atoms with van der Waals surface area (Å²) in [7, 11) is -2.17. The molecule has 1 fully saturated rings.